The fourth-order valence-corrected chi connectivity index (χ4v) is 2.31. The predicted octanol–water partition coefficient (Wildman–Crippen LogP) is 1.40. The predicted molar refractivity (Wildman–Crippen MR) is 77.3 cm³/mol. The first-order valence-corrected chi connectivity index (χ1v) is 6.60. The molecule has 0 atom stereocenters. The van der Waals surface area contributed by atoms with Crippen molar-refractivity contribution >= 4 is 11.6 Å². The number of guanidine groups is 1. The van der Waals surface area contributed by atoms with Crippen LogP contribution < -0.4 is 10.2 Å². The lowest BCUT2D eigenvalue weighted by molar-refractivity contribution is 0.373. The minimum Gasteiger partial charge on any atom is -0.368 e. The highest BCUT2D eigenvalue weighted by molar-refractivity contribution is 5.80. The topological polar surface area (TPSA) is 30.9 Å². The summed E-state index contributed by atoms with van der Waals surface area (Å²) in [4.78, 5) is 9.06. The second-order valence-electron chi connectivity index (χ2n) is 4.39. The van der Waals surface area contributed by atoms with Crippen molar-refractivity contribution in [2.45, 2.75) is 6.92 Å². The summed E-state index contributed by atoms with van der Waals surface area (Å²) in [7, 11) is 1.85. The van der Waals surface area contributed by atoms with Crippen molar-refractivity contribution in [3.05, 3.63) is 30.3 Å². The summed E-state index contributed by atoms with van der Waals surface area (Å²) in [6.45, 7) is 7.17. The summed E-state index contributed by atoms with van der Waals surface area (Å²) in [5.74, 6) is 1.02. The van der Waals surface area contributed by atoms with Crippen molar-refractivity contribution in [1.82, 2.24) is 10.2 Å². The quantitative estimate of drug-likeness (QED) is 0.632. The normalized spacial score (nSPS) is 16.9. The van der Waals surface area contributed by atoms with E-state index in [1.165, 1.54) is 5.69 Å². The Bertz CT molecular complexity index is 380. The number of benzene rings is 1. The van der Waals surface area contributed by atoms with E-state index in [2.05, 4.69) is 57.4 Å². The van der Waals surface area contributed by atoms with Gasteiger partial charge in [-0.1, -0.05) is 18.2 Å². The fraction of sp³-hybridized carbons (Fsp3) is 0.500. The molecule has 1 fully saturated rings. The van der Waals surface area contributed by atoms with E-state index in [1.807, 2.05) is 7.05 Å². The molecule has 1 aliphatic rings. The Morgan fingerprint density at radius 1 is 1.17 bits per heavy atom. The molecule has 1 saturated heterocycles. The van der Waals surface area contributed by atoms with Crippen molar-refractivity contribution < 1.29 is 0 Å². The lowest BCUT2D eigenvalue weighted by atomic mass is 10.2. The SMILES string of the molecule is CCNC(=NC)N1CCN(c2ccccc2)CC1. The van der Waals surface area contributed by atoms with Crippen molar-refractivity contribution in [2.24, 2.45) is 4.99 Å². The molecule has 1 heterocycles. The van der Waals surface area contributed by atoms with Gasteiger partial charge in [-0.05, 0) is 19.1 Å². The second-order valence-corrected chi connectivity index (χ2v) is 4.39. The summed E-state index contributed by atoms with van der Waals surface area (Å²) >= 11 is 0. The number of nitrogens with one attached hydrogen (secondary N) is 1. The van der Waals surface area contributed by atoms with Gasteiger partial charge >= 0.3 is 0 Å². The molecule has 1 aliphatic heterocycles. The number of hydrogen-bond acceptors (Lipinski definition) is 2. The van der Waals surface area contributed by atoms with Crippen LogP contribution in [0.2, 0.25) is 0 Å². The van der Waals surface area contributed by atoms with Gasteiger partial charge in [0.25, 0.3) is 0 Å². The zero-order chi connectivity index (χ0) is 12.8. The third-order valence-corrected chi connectivity index (χ3v) is 3.25. The van der Waals surface area contributed by atoms with Gasteiger partial charge in [-0.2, -0.15) is 0 Å². The number of nitrogens with zero attached hydrogens (tertiary/aromatic N) is 3. The van der Waals surface area contributed by atoms with Crippen LogP contribution in [0.1, 0.15) is 6.92 Å². The number of piperazine rings is 1. The van der Waals surface area contributed by atoms with Gasteiger partial charge in [0.1, 0.15) is 0 Å². The molecule has 0 aliphatic carbocycles. The Labute approximate surface area is 109 Å². The monoisotopic (exact) mass is 246 g/mol. The van der Waals surface area contributed by atoms with E-state index in [0.29, 0.717) is 0 Å². The maximum absolute atomic E-state index is 4.31. The molecule has 1 aromatic carbocycles. The molecule has 1 N–H and O–H groups in total. The van der Waals surface area contributed by atoms with Crippen molar-refractivity contribution in [3.63, 3.8) is 0 Å². The van der Waals surface area contributed by atoms with Crippen LogP contribution in [0.5, 0.6) is 0 Å². The van der Waals surface area contributed by atoms with Crippen LogP contribution in [-0.2, 0) is 0 Å². The van der Waals surface area contributed by atoms with Crippen LogP contribution >= 0.6 is 0 Å². The maximum Gasteiger partial charge on any atom is 0.193 e. The van der Waals surface area contributed by atoms with Gasteiger partial charge in [-0.15, -0.1) is 0 Å². The zero-order valence-corrected chi connectivity index (χ0v) is 11.3. The Hall–Kier alpha value is -1.71. The fourth-order valence-electron chi connectivity index (χ4n) is 2.31. The second kappa shape index (κ2) is 6.28. The molecular weight excluding hydrogens is 224 g/mol. The van der Waals surface area contributed by atoms with Crippen molar-refractivity contribution in [1.29, 1.82) is 0 Å². The number of aliphatic imine (C=N–C) groups is 1. The van der Waals surface area contributed by atoms with E-state index in [9.17, 15) is 0 Å². The molecule has 0 bridgehead atoms. The number of rotatable bonds is 2. The molecule has 4 heteroatoms. The average molecular weight is 246 g/mol. The largest absolute Gasteiger partial charge is 0.368 e. The first-order chi connectivity index (χ1) is 8.85. The van der Waals surface area contributed by atoms with E-state index in [4.69, 9.17) is 0 Å². The smallest absolute Gasteiger partial charge is 0.193 e. The summed E-state index contributed by atoms with van der Waals surface area (Å²) in [6, 6.07) is 10.6. The molecular formula is C14H22N4. The van der Waals surface area contributed by atoms with E-state index >= 15 is 0 Å². The van der Waals surface area contributed by atoms with Gasteiger partial charge in [0.2, 0.25) is 0 Å². The number of hydrogen-bond donors (Lipinski definition) is 1. The molecule has 4 nitrogen and oxygen atoms in total. The van der Waals surface area contributed by atoms with E-state index in [0.717, 1.165) is 38.7 Å². The Kier molecular flexibility index (Phi) is 4.45. The van der Waals surface area contributed by atoms with Gasteiger partial charge in [0.05, 0.1) is 0 Å². The Morgan fingerprint density at radius 2 is 1.83 bits per heavy atom. The lowest BCUT2D eigenvalue weighted by Crippen LogP contribution is -2.52. The van der Waals surface area contributed by atoms with Crippen LogP contribution in [-0.4, -0.2) is 50.6 Å². The minimum atomic E-state index is 0.922. The van der Waals surface area contributed by atoms with E-state index < -0.39 is 0 Å². The molecule has 0 aromatic heterocycles. The molecule has 18 heavy (non-hydrogen) atoms. The first-order valence-electron chi connectivity index (χ1n) is 6.60. The molecule has 0 unspecified atom stereocenters. The molecule has 0 amide bonds. The molecule has 0 radical (unpaired) electrons. The van der Waals surface area contributed by atoms with Crippen LogP contribution in [0.4, 0.5) is 5.69 Å². The van der Waals surface area contributed by atoms with Crippen molar-refractivity contribution in [2.75, 3.05) is 44.7 Å². The molecule has 0 spiro atoms. The summed E-state index contributed by atoms with van der Waals surface area (Å²) < 4.78 is 0. The highest BCUT2D eigenvalue weighted by atomic mass is 15.3. The van der Waals surface area contributed by atoms with Crippen LogP contribution in [0.25, 0.3) is 0 Å². The Morgan fingerprint density at radius 3 is 2.39 bits per heavy atom. The van der Waals surface area contributed by atoms with Gasteiger partial charge in [0, 0.05) is 45.5 Å². The number of para-hydroxylation sites is 1. The third kappa shape index (κ3) is 2.94. The molecule has 1 aromatic rings. The average Bonchev–Trinajstić information content (AvgIpc) is 2.46. The van der Waals surface area contributed by atoms with Gasteiger partial charge in [-0.3, -0.25) is 4.99 Å². The summed E-state index contributed by atoms with van der Waals surface area (Å²) in [5, 5.41) is 3.31. The third-order valence-electron chi connectivity index (χ3n) is 3.25. The van der Waals surface area contributed by atoms with Crippen molar-refractivity contribution in [3.8, 4) is 0 Å². The standard InChI is InChI=1S/C14H22N4/c1-3-16-14(15-2)18-11-9-17(10-12-18)13-7-5-4-6-8-13/h4-8H,3,9-12H2,1-2H3,(H,15,16). The summed E-state index contributed by atoms with van der Waals surface area (Å²) in [5.41, 5.74) is 1.32. The van der Waals surface area contributed by atoms with Crippen LogP contribution in [0, 0.1) is 0 Å². The van der Waals surface area contributed by atoms with Crippen LogP contribution in [0.3, 0.4) is 0 Å². The molecule has 98 valence electrons. The van der Waals surface area contributed by atoms with E-state index in [-0.39, 0.29) is 0 Å². The van der Waals surface area contributed by atoms with Gasteiger partial charge in [-0.25, -0.2) is 0 Å². The van der Waals surface area contributed by atoms with Gasteiger partial charge in [0.15, 0.2) is 5.96 Å². The zero-order valence-electron chi connectivity index (χ0n) is 11.3. The van der Waals surface area contributed by atoms with Gasteiger partial charge < -0.3 is 15.1 Å². The minimum absolute atomic E-state index is 0.922. The summed E-state index contributed by atoms with van der Waals surface area (Å²) in [6.07, 6.45) is 0. The number of anilines is 1. The first kappa shape index (κ1) is 12.7. The lowest BCUT2D eigenvalue weighted by Gasteiger charge is -2.37. The maximum atomic E-state index is 4.31. The van der Waals surface area contributed by atoms with Crippen LogP contribution in [0.15, 0.2) is 35.3 Å². The Balaban J connectivity index is 1.92. The van der Waals surface area contributed by atoms with E-state index in [1.54, 1.807) is 0 Å². The highest BCUT2D eigenvalue weighted by Crippen LogP contribution is 2.15. The highest BCUT2D eigenvalue weighted by Gasteiger charge is 2.18. The molecule has 2 rings (SSSR count). The molecule has 0 saturated carbocycles.